The number of aryl methyl sites for hydroxylation is 1. The monoisotopic (exact) mass is 453 g/mol. The topological polar surface area (TPSA) is 68.5 Å². The van der Waals surface area contributed by atoms with Gasteiger partial charge in [0.15, 0.2) is 10.4 Å². The summed E-state index contributed by atoms with van der Waals surface area (Å²) >= 11 is 2.03. The van der Waals surface area contributed by atoms with Crippen molar-refractivity contribution in [2.24, 2.45) is 0 Å². The number of carbonyl (C=O) groups excluding carboxylic acids is 2. The lowest BCUT2D eigenvalue weighted by Gasteiger charge is -2.13. The third kappa shape index (κ3) is 7.55. The minimum Gasteiger partial charge on any atom is -0.452 e. The number of ether oxygens (including phenoxy) is 1. The fourth-order valence-electron chi connectivity index (χ4n) is 2.17. The zero-order valence-corrected chi connectivity index (χ0v) is 16.1. The van der Waals surface area contributed by atoms with E-state index in [-0.39, 0.29) is 18.6 Å². The Hall–Kier alpha value is -2.09. The van der Waals surface area contributed by atoms with Crippen LogP contribution in [0.15, 0.2) is 53.0 Å². The molecule has 0 radical (unpaired) electrons. The number of hydrogen-bond acceptors (Lipinski definition) is 4. The van der Waals surface area contributed by atoms with Crippen molar-refractivity contribution in [1.82, 2.24) is 5.32 Å². The van der Waals surface area contributed by atoms with Crippen molar-refractivity contribution in [3.63, 3.8) is 0 Å². The van der Waals surface area contributed by atoms with E-state index in [1.807, 2.05) is 47.7 Å². The molecule has 0 aliphatic carbocycles. The fourth-order valence-corrected chi connectivity index (χ4v) is 2.60. The van der Waals surface area contributed by atoms with Crippen molar-refractivity contribution in [2.75, 3.05) is 6.61 Å². The Morgan fingerprint density at radius 1 is 1.24 bits per heavy atom. The first-order valence-corrected chi connectivity index (χ1v) is 9.04. The number of carbonyl (C=O) groups is 2. The van der Waals surface area contributed by atoms with E-state index in [1.165, 1.54) is 17.7 Å². The van der Waals surface area contributed by atoms with Gasteiger partial charge in [-0.2, -0.15) is 0 Å². The second-order valence-corrected chi connectivity index (χ2v) is 6.64. The van der Waals surface area contributed by atoms with Gasteiger partial charge < -0.3 is 14.5 Å². The molecular formula is C19H20INO4. The second kappa shape index (κ2) is 10.0. The number of benzene rings is 1. The Labute approximate surface area is 160 Å². The average Bonchev–Trinajstić information content (AvgIpc) is 3.02. The number of halogens is 1. The molecule has 0 bridgehead atoms. The summed E-state index contributed by atoms with van der Waals surface area (Å²) in [5, 5.41) is 2.82. The molecule has 2 aromatic rings. The van der Waals surface area contributed by atoms with Crippen LogP contribution in [0, 0.1) is 3.77 Å². The molecule has 1 aromatic carbocycles. The Bertz CT molecular complexity index is 724. The maximum atomic E-state index is 11.8. The number of furan rings is 1. The van der Waals surface area contributed by atoms with E-state index < -0.39 is 5.97 Å². The summed E-state index contributed by atoms with van der Waals surface area (Å²) in [7, 11) is 0. The molecule has 1 aromatic heterocycles. The van der Waals surface area contributed by atoms with Crippen LogP contribution in [0.3, 0.4) is 0 Å². The maximum absolute atomic E-state index is 11.8. The molecule has 1 amide bonds. The molecule has 0 saturated carbocycles. The fraction of sp³-hybridized carbons (Fsp3) is 0.263. The van der Waals surface area contributed by atoms with Gasteiger partial charge in [-0.05, 0) is 66.1 Å². The van der Waals surface area contributed by atoms with Gasteiger partial charge in [0.25, 0.3) is 5.91 Å². The number of amides is 1. The number of nitrogens with one attached hydrogen (secondary N) is 1. The van der Waals surface area contributed by atoms with Crippen molar-refractivity contribution >= 4 is 40.5 Å². The molecule has 2 rings (SSSR count). The van der Waals surface area contributed by atoms with E-state index in [4.69, 9.17) is 9.15 Å². The largest absolute Gasteiger partial charge is 0.452 e. The average molecular weight is 453 g/mol. The Balaban J connectivity index is 1.65. The van der Waals surface area contributed by atoms with Crippen LogP contribution in [0.25, 0.3) is 6.08 Å². The lowest BCUT2D eigenvalue weighted by molar-refractivity contribution is -0.144. The van der Waals surface area contributed by atoms with Crippen LogP contribution in [0.1, 0.15) is 24.7 Å². The normalized spacial score (nSPS) is 12.1. The van der Waals surface area contributed by atoms with Gasteiger partial charge in [0.05, 0.1) is 0 Å². The van der Waals surface area contributed by atoms with Crippen LogP contribution in [0.2, 0.25) is 0 Å². The minimum atomic E-state index is -0.585. The van der Waals surface area contributed by atoms with Gasteiger partial charge in [-0.3, -0.25) is 4.79 Å². The van der Waals surface area contributed by atoms with E-state index in [0.29, 0.717) is 5.76 Å². The smallest absolute Gasteiger partial charge is 0.331 e. The van der Waals surface area contributed by atoms with Crippen LogP contribution in [0.5, 0.6) is 0 Å². The van der Waals surface area contributed by atoms with E-state index in [0.717, 1.165) is 16.6 Å². The van der Waals surface area contributed by atoms with Gasteiger partial charge >= 0.3 is 5.97 Å². The summed E-state index contributed by atoms with van der Waals surface area (Å²) in [5.41, 5.74) is 1.23. The first-order chi connectivity index (χ1) is 12.0. The predicted molar refractivity (Wildman–Crippen MR) is 104 cm³/mol. The molecule has 0 saturated heterocycles. The van der Waals surface area contributed by atoms with Gasteiger partial charge in [-0.15, -0.1) is 0 Å². The van der Waals surface area contributed by atoms with Gasteiger partial charge in [0.2, 0.25) is 0 Å². The highest BCUT2D eigenvalue weighted by Gasteiger charge is 2.09. The number of esters is 1. The molecule has 0 fully saturated rings. The molecule has 132 valence electrons. The van der Waals surface area contributed by atoms with Crippen molar-refractivity contribution in [3.05, 3.63) is 63.6 Å². The van der Waals surface area contributed by atoms with Crippen LogP contribution in [0.4, 0.5) is 0 Å². The van der Waals surface area contributed by atoms with E-state index in [9.17, 15) is 9.59 Å². The Morgan fingerprint density at radius 3 is 2.68 bits per heavy atom. The molecule has 6 heteroatoms. The minimum absolute atomic E-state index is 0.00662. The molecular weight excluding hydrogens is 433 g/mol. The summed E-state index contributed by atoms with van der Waals surface area (Å²) in [5.74, 6) is -0.339. The summed E-state index contributed by atoms with van der Waals surface area (Å²) in [6.07, 6.45) is 4.44. The predicted octanol–water partition coefficient (Wildman–Crippen LogP) is 3.58. The van der Waals surface area contributed by atoms with Gasteiger partial charge in [-0.1, -0.05) is 30.3 Å². The SMILES string of the molecule is CC(CCc1ccccc1)NC(=O)COC(=O)/C=C/c1ccc(I)o1. The Kier molecular flexibility index (Phi) is 7.72. The molecule has 25 heavy (non-hydrogen) atoms. The number of rotatable bonds is 8. The van der Waals surface area contributed by atoms with E-state index in [2.05, 4.69) is 17.4 Å². The lowest BCUT2D eigenvalue weighted by atomic mass is 10.1. The molecule has 1 N–H and O–H groups in total. The highest BCUT2D eigenvalue weighted by Crippen LogP contribution is 2.11. The highest BCUT2D eigenvalue weighted by molar-refractivity contribution is 14.1. The first-order valence-electron chi connectivity index (χ1n) is 7.96. The molecule has 0 spiro atoms. The summed E-state index contributed by atoms with van der Waals surface area (Å²) < 4.78 is 10.9. The van der Waals surface area contributed by atoms with Crippen LogP contribution in [-0.2, 0) is 20.7 Å². The van der Waals surface area contributed by atoms with Crippen molar-refractivity contribution in [1.29, 1.82) is 0 Å². The van der Waals surface area contributed by atoms with Crippen LogP contribution >= 0.6 is 22.6 Å². The first kappa shape index (κ1) is 19.2. The van der Waals surface area contributed by atoms with E-state index >= 15 is 0 Å². The third-order valence-electron chi connectivity index (χ3n) is 3.44. The number of hydrogen-bond donors (Lipinski definition) is 1. The van der Waals surface area contributed by atoms with Crippen LogP contribution < -0.4 is 5.32 Å². The maximum Gasteiger partial charge on any atom is 0.331 e. The zero-order valence-electron chi connectivity index (χ0n) is 13.9. The van der Waals surface area contributed by atoms with Gasteiger partial charge in [0.1, 0.15) is 5.76 Å². The molecule has 0 aliphatic rings. The van der Waals surface area contributed by atoms with Crippen molar-refractivity contribution in [3.8, 4) is 0 Å². The molecule has 1 heterocycles. The standard InChI is InChI=1S/C19H20INO4/c1-14(7-8-15-5-3-2-4-6-15)21-18(22)13-24-19(23)12-10-16-9-11-17(20)25-16/h2-6,9-12,14H,7-8,13H2,1H3,(H,21,22)/b12-10+. The van der Waals surface area contributed by atoms with Crippen molar-refractivity contribution in [2.45, 2.75) is 25.8 Å². The summed E-state index contributed by atoms with van der Waals surface area (Å²) in [6, 6.07) is 13.6. The highest BCUT2D eigenvalue weighted by atomic mass is 127. The molecule has 1 atom stereocenters. The van der Waals surface area contributed by atoms with Crippen LogP contribution in [-0.4, -0.2) is 24.5 Å². The lowest BCUT2D eigenvalue weighted by Crippen LogP contribution is -2.36. The summed E-state index contributed by atoms with van der Waals surface area (Å²) in [6.45, 7) is 1.63. The molecule has 5 nitrogen and oxygen atoms in total. The zero-order chi connectivity index (χ0) is 18.1. The van der Waals surface area contributed by atoms with Gasteiger partial charge in [-0.25, -0.2) is 4.79 Å². The van der Waals surface area contributed by atoms with E-state index in [1.54, 1.807) is 12.1 Å². The third-order valence-corrected chi connectivity index (χ3v) is 4.02. The summed E-state index contributed by atoms with van der Waals surface area (Å²) in [4.78, 5) is 23.4. The molecule has 1 unspecified atom stereocenters. The Morgan fingerprint density at radius 2 is 2.00 bits per heavy atom. The quantitative estimate of drug-likeness (QED) is 0.377. The second-order valence-electron chi connectivity index (χ2n) is 5.58. The van der Waals surface area contributed by atoms with Gasteiger partial charge in [0, 0.05) is 12.1 Å². The van der Waals surface area contributed by atoms with Crippen molar-refractivity contribution < 1.29 is 18.7 Å². The molecule has 0 aliphatic heterocycles.